The van der Waals surface area contributed by atoms with Crippen molar-refractivity contribution >= 4 is 18.4 Å². The number of halogens is 1. The molecule has 0 heterocycles. The van der Waals surface area contributed by atoms with Crippen LogP contribution in [-0.4, -0.2) is 33.5 Å². The zero-order chi connectivity index (χ0) is 6.78. The van der Waals surface area contributed by atoms with E-state index in [-0.39, 0.29) is 12.4 Å². The lowest BCUT2D eigenvalue weighted by Crippen LogP contribution is -2.38. The second-order valence-corrected chi connectivity index (χ2v) is 1.74. The number of hydrogen-bond donors (Lipinski definition) is 3. The minimum Gasteiger partial charge on any atom is -0.479 e. The molecule has 0 saturated heterocycles. The van der Waals surface area contributed by atoms with Gasteiger partial charge in [-0.3, -0.25) is 0 Å². The first-order chi connectivity index (χ1) is 3.50. The summed E-state index contributed by atoms with van der Waals surface area (Å²) in [4.78, 5) is 9.84. The monoisotopic (exact) mass is 156 g/mol. The Morgan fingerprint density at radius 2 is 2.00 bits per heavy atom. The fourth-order valence-electron chi connectivity index (χ4n) is 0.0676. The van der Waals surface area contributed by atoms with Crippen molar-refractivity contribution in [2.75, 3.05) is 6.61 Å². The van der Waals surface area contributed by atoms with Crippen LogP contribution in [0.2, 0.25) is 0 Å². The molecule has 0 aliphatic heterocycles. The van der Waals surface area contributed by atoms with Crippen LogP contribution in [0.1, 0.15) is 6.92 Å². The molecule has 0 amide bonds. The van der Waals surface area contributed by atoms with Gasteiger partial charge in [0.15, 0.2) is 5.60 Å². The summed E-state index contributed by atoms with van der Waals surface area (Å²) in [6.45, 7) is 0.262. The van der Waals surface area contributed by atoms with Crippen LogP contribution in [-0.2, 0) is 4.79 Å². The summed E-state index contributed by atoms with van der Waals surface area (Å²) >= 11 is 0. The molecule has 0 rings (SSSR count). The maximum absolute atomic E-state index is 9.84. The SMILES string of the molecule is CC(O)(CO)C(=O)O.Cl. The maximum Gasteiger partial charge on any atom is 0.337 e. The standard InChI is InChI=1S/C4H8O4.ClH/c1-4(8,2-5)3(6)7;/h5,8H,2H2,1H3,(H,6,7);1H. The van der Waals surface area contributed by atoms with E-state index in [1.807, 2.05) is 0 Å². The van der Waals surface area contributed by atoms with Crippen LogP contribution < -0.4 is 0 Å². The lowest BCUT2D eigenvalue weighted by molar-refractivity contribution is -0.160. The molecule has 0 aliphatic rings. The van der Waals surface area contributed by atoms with Crippen molar-refractivity contribution in [1.82, 2.24) is 0 Å². The number of carboxylic acids is 1. The third-order valence-electron chi connectivity index (χ3n) is 0.769. The van der Waals surface area contributed by atoms with Crippen LogP contribution >= 0.6 is 12.4 Å². The van der Waals surface area contributed by atoms with Gasteiger partial charge in [0.25, 0.3) is 0 Å². The molecule has 0 bridgehead atoms. The van der Waals surface area contributed by atoms with E-state index in [0.717, 1.165) is 6.92 Å². The molecule has 0 aliphatic carbocycles. The summed E-state index contributed by atoms with van der Waals surface area (Å²) in [6.07, 6.45) is 0. The third-order valence-corrected chi connectivity index (χ3v) is 0.769. The molecule has 5 heteroatoms. The van der Waals surface area contributed by atoms with E-state index in [4.69, 9.17) is 15.3 Å². The van der Waals surface area contributed by atoms with Gasteiger partial charge >= 0.3 is 5.97 Å². The van der Waals surface area contributed by atoms with Gasteiger partial charge in [-0.05, 0) is 6.92 Å². The number of carbonyl (C=O) groups is 1. The van der Waals surface area contributed by atoms with Crippen LogP contribution in [0.4, 0.5) is 0 Å². The molecule has 0 aromatic rings. The first-order valence-corrected chi connectivity index (χ1v) is 2.07. The number of carboxylic acid groups (broad SMARTS) is 1. The van der Waals surface area contributed by atoms with Crippen LogP contribution in [0.5, 0.6) is 0 Å². The zero-order valence-electron chi connectivity index (χ0n) is 4.87. The molecule has 56 valence electrons. The van der Waals surface area contributed by atoms with Gasteiger partial charge in [-0.2, -0.15) is 0 Å². The highest BCUT2D eigenvalue weighted by Crippen LogP contribution is 1.99. The van der Waals surface area contributed by atoms with Crippen LogP contribution in [0.25, 0.3) is 0 Å². The van der Waals surface area contributed by atoms with Crippen molar-refractivity contribution in [3.8, 4) is 0 Å². The zero-order valence-corrected chi connectivity index (χ0v) is 5.68. The molecule has 1 atom stereocenters. The van der Waals surface area contributed by atoms with Gasteiger partial charge in [0, 0.05) is 0 Å². The summed E-state index contributed by atoms with van der Waals surface area (Å²) < 4.78 is 0. The topological polar surface area (TPSA) is 77.8 Å². The van der Waals surface area contributed by atoms with Crippen LogP contribution in [0.15, 0.2) is 0 Å². The van der Waals surface area contributed by atoms with E-state index in [2.05, 4.69) is 0 Å². The quantitative estimate of drug-likeness (QED) is 0.491. The molecular formula is C4H9ClO4. The van der Waals surface area contributed by atoms with Crippen molar-refractivity contribution in [3.05, 3.63) is 0 Å². The summed E-state index contributed by atoms with van der Waals surface area (Å²) in [6, 6.07) is 0. The Morgan fingerprint density at radius 1 is 1.67 bits per heavy atom. The van der Waals surface area contributed by atoms with E-state index in [0.29, 0.717) is 0 Å². The lowest BCUT2D eigenvalue weighted by atomic mass is 10.1. The van der Waals surface area contributed by atoms with E-state index in [9.17, 15) is 4.79 Å². The van der Waals surface area contributed by atoms with Gasteiger partial charge in [-0.1, -0.05) is 0 Å². The number of rotatable bonds is 2. The van der Waals surface area contributed by atoms with Crippen LogP contribution in [0, 0.1) is 0 Å². The summed E-state index contributed by atoms with van der Waals surface area (Å²) in [5.74, 6) is -1.42. The predicted molar refractivity (Wildman–Crippen MR) is 32.6 cm³/mol. The van der Waals surface area contributed by atoms with E-state index >= 15 is 0 Å². The minimum atomic E-state index is -1.99. The van der Waals surface area contributed by atoms with Gasteiger partial charge < -0.3 is 15.3 Å². The maximum atomic E-state index is 9.84. The Kier molecular flexibility index (Phi) is 4.66. The summed E-state index contributed by atoms with van der Waals surface area (Å²) in [5.41, 5.74) is -1.99. The first-order valence-electron chi connectivity index (χ1n) is 2.07. The average Bonchev–Trinajstić information content (AvgIpc) is 1.67. The first kappa shape index (κ1) is 11.5. The van der Waals surface area contributed by atoms with E-state index < -0.39 is 18.2 Å². The number of hydrogen-bond acceptors (Lipinski definition) is 3. The fraction of sp³-hybridized carbons (Fsp3) is 0.750. The van der Waals surface area contributed by atoms with Crippen molar-refractivity contribution in [2.24, 2.45) is 0 Å². The summed E-state index contributed by atoms with van der Waals surface area (Å²) in [5, 5.41) is 24.7. The molecule has 3 N–H and O–H groups in total. The number of aliphatic hydroxyl groups excluding tert-OH is 1. The van der Waals surface area contributed by atoms with Crippen LogP contribution in [0.3, 0.4) is 0 Å². The van der Waals surface area contributed by atoms with Gasteiger partial charge in [0.1, 0.15) is 0 Å². The highest BCUT2D eigenvalue weighted by atomic mass is 35.5. The predicted octanol–water partition coefficient (Wildman–Crippen LogP) is -0.764. The molecule has 4 nitrogen and oxygen atoms in total. The van der Waals surface area contributed by atoms with Crippen molar-refractivity contribution in [2.45, 2.75) is 12.5 Å². The molecule has 0 spiro atoms. The largest absolute Gasteiger partial charge is 0.479 e. The van der Waals surface area contributed by atoms with Crippen molar-refractivity contribution in [3.63, 3.8) is 0 Å². The Balaban J connectivity index is 0. The van der Waals surface area contributed by atoms with Gasteiger partial charge in [0.2, 0.25) is 0 Å². The van der Waals surface area contributed by atoms with Crippen molar-refractivity contribution in [1.29, 1.82) is 0 Å². The molecule has 0 fully saturated rings. The Bertz CT molecular complexity index is 101. The molecule has 0 saturated carbocycles. The smallest absolute Gasteiger partial charge is 0.337 e. The molecule has 9 heavy (non-hydrogen) atoms. The fourth-order valence-corrected chi connectivity index (χ4v) is 0.0676. The molecule has 0 aromatic carbocycles. The molecule has 0 aromatic heterocycles. The Hall–Kier alpha value is -0.320. The molecule has 1 unspecified atom stereocenters. The third kappa shape index (κ3) is 3.29. The Morgan fingerprint density at radius 3 is 2.00 bits per heavy atom. The lowest BCUT2D eigenvalue weighted by Gasteiger charge is -2.12. The molecule has 0 radical (unpaired) electrons. The molecular weight excluding hydrogens is 147 g/mol. The van der Waals surface area contributed by atoms with Gasteiger partial charge in [-0.15, -0.1) is 12.4 Å². The average molecular weight is 157 g/mol. The van der Waals surface area contributed by atoms with E-state index in [1.54, 1.807) is 0 Å². The number of aliphatic carboxylic acids is 1. The second kappa shape index (κ2) is 3.66. The number of aliphatic hydroxyl groups is 2. The van der Waals surface area contributed by atoms with Crippen molar-refractivity contribution < 1.29 is 20.1 Å². The van der Waals surface area contributed by atoms with Gasteiger partial charge in [-0.25, -0.2) is 4.79 Å². The van der Waals surface area contributed by atoms with Gasteiger partial charge in [0.05, 0.1) is 6.61 Å². The highest BCUT2D eigenvalue weighted by Gasteiger charge is 2.28. The minimum absolute atomic E-state index is 0. The second-order valence-electron chi connectivity index (χ2n) is 1.74. The normalized spacial score (nSPS) is 15.4. The highest BCUT2D eigenvalue weighted by molar-refractivity contribution is 5.85. The van der Waals surface area contributed by atoms with E-state index in [1.165, 1.54) is 0 Å². The Labute approximate surface area is 58.5 Å². The summed E-state index contributed by atoms with van der Waals surface area (Å²) in [7, 11) is 0.